The quantitative estimate of drug-likeness (QED) is 0.476. The lowest BCUT2D eigenvalue weighted by molar-refractivity contribution is -0.541. The molecule has 1 aromatic carbocycles. The molecule has 2 aliphatic rings. The van der Waals surface area contributed by atoms with E-state index < -0.39 is 46.3 Å². The van der Waals surface area contributed by atoms with Crippen molar-refractivity contribution in [2.45, 2.75) is 37.3 Å². The maximum absolute atomic E-state index is 12.3. The van der Waals surface area contributed by atoms with Gasteiger partial charge >= 0.3 is 11.9 Å². The topological polar surface area (TPSA) is 95.7 Å². The van der Waals surface area contributed by atoms with Gasteiger partial charge < -0.3 is 9.47 Å². The molecule has 0 N–H and O–H groups in total. The van der Waals surface area contributed by atoms with Crippen molar-refractivity contribution in [2.75, 3.05) is 7.11 Å². The van der Waals surface area contributed by atoms with Crippen molar-refractivity contribution in [2.24, 2.45) is 11.8 Å². The van der Waals surface area contributed by atoms with E-state index in [9.17, 15) is 19.7 Å². The first kappa shape index (κ1) is 16.4. The van der Waals surface area contributed by atoms with Crippen molar-refractivity contribution in [3.8, 4) is 0 Å². The molecule has 128 valence electrons. The first-order valence-corrected chi connectivity index (χ1v) is 7.86. The average molecular weight is 333 g/mol. The number of hydrogen-bond acceptors (Lipinski definition) is 6. The summed E-state index contributed by atoms with van der Waals surface area (Å²) in [5.41, 5.74) is -0.287. The molecule has 1 aliphatic carbocycles. The van der Waals surface area contributed by atoms with Crippen molar-refractivity contribution < 1.29 is 24.0 Å². The Hall–Kier alpha value is -2.44. The van der Waals surface area contributed by atoms with Gasteiger partial charge in [-0.15, -0.1) is 0 Å². The molecule has 1 aliphatic heterocycles. The zero-order chi connectivity index (χ0) is 17.5. The van der Waals surface area contributed by atoms with E-state index in [1.165, 1.54) is 7.11 Å². The minimum Gasteiger partial charge on any atom is -0.469 e. The molecule has 0 amide bonds. The van der Waals surface area contributed by atoms with Crippen LogP contribution in [-0.4, -0.2) is 35.6 Å². The van der Waals surface area contributed by atoms with E-state index >= 15 is 0 Å². The Balaban J connectivity index is 2.13. The molecule has 3 rings (SSSR count). The van der Waals surface area contributed by atoms with E-state index in [0.29, 0.717) is 0 Å². The van der Waals surface area contributed by atoms with Crippen LogP contribution in [0, 0.1) is 22.0 Å². The second kappa shape index (κ2) is 5.89. The number of carbonyl (C=O) groups excluding carboxylic acids is 2. The molecule has 1 saturated heterocycles. The van der Waals surface area contributed by atoms with E-state index in [0.717, 1.165) is 5.56 Å². The molecule has 0 unspecified atom stereocenters. The normalized spacial score (nSPS) is 35.0. The number of nitro groups is 1. The van der Waals surface area contributed by atoms with Gasteiger partial charge in [0.1, 0.15) is 5.60 Å². The second-order valence-corrected chi connectivity index (χ2v) is 6.57. The SMILES string of the molecule is COC(=O)[C@H]1C[C@@H]([N+](=O)[O-])[C@@H]2CC(=O)O[C@]2(C)[C@@H]1c1ccccc1. The molecule has 0 radical (unpaired) electrons. The smallest absolute Gasteiger partial charge is 0.309 e. The summed E-state index contributed by atoms with van der Waals surface area (Å²) >= 11 is 0. The highest BCUT2D eigenvalue weighted by molar-refractivity contribution is 5.77. The Labute approximate surface area is 139 Å². The second-order valence-electron chi connectivity index (χ2n) is 6.57. The first-order chi connectivity index (χ1) is 11.4. The number of rotatable bonds is 3. The third kappa shape index (κ3) is 2.44. The zero-order valence-electron chi connectivity index (χ0n) is 13.5. The van der Waals surface area contributed by atoms with Crippen LogP contribution >= 0.6 is 0 Å². The highest BCUT2D eigenvalue weighted by atomic mass is 16.6. The van der Waals surface area contributed by atoms with Crippen LogP contribution in [0.2, 0.25) is 0 Å². The molecular formula is C17H19NO6. The number of hydrogen-bond donors (Lipinski definition) is 0. The number of esters is 2. The Bertz CT molecular complexity index is 675. The number of fused-ring (bicyclic) bond motifs is 1. The Morgan fingerprint density at radius 3 is 2.62 bits per heavy atom. The summed E-state index contributed by atoms with van der Waals surface area (Å²) in [5, 5.41) is 11.5. The standard InChI is InChI=1S/C17H19NO6/c1-17-12(9-14(19)24-17)13(18(21)22)8-11(16(20)23-2)15(17)10-6-4-3-5-7-10/h3-7,11-13,15H,8-9H2,1-2H3/t11-,12-,13+,15+,17-/m0/s1. The van der Waals surface area contributed by atoms with Gasteiger partial charge in [-0.2, -0.15) is 0 Å². The highest BCUT2D eigenvalue weighted by Gasteiger charge is 2.65. The third-order valence-corrected chi connectivity index (χ3v) is 5.37. The highest BCUT2D eigenvalue weighted by Crippen LogP contribution is 2.54. The molecule has 5 atom stereocenters. The average Bonchev–Trinajstić information content (AvgIpc) is 2.87. The van der Waals surface area contributed by atoms with Crippen molar-refractivity contribution >= 4 is 11.9 Å². The molecule has 1 saturated carbocycles. The van der Waals surface area contributed by atoms with Crippen LogP contribution < -0.4 is 0 Å². The summed E-state index contributed by atoms with van der Waals surface area (Å²) in [4.78, 5) is 35.4. The van der Waals surface area contributed by atoms with E-state index in [1.54, 1.807) is 6.92 Å². The Morgan fingerprint density at radius 1 is 1.38 bits per heavy atom. The number of nitrogens with zero attached hydrogens (tertiary/aromatic N) is 1. The molecule has 1 aromatic rings. The van der Waals surface area contributed by atoms with E-state index in [-0.39, 0.29) is 12.8 Å². The fraction of sp³-hybridized carbons (Fsp3) is 0.529. The van der Waals surface area contributed by atoms with Gasteiger partial charge in [0.05, 0.1) is 25.4 Å². The van der Waals surface area contributed by atoms with Crippen LogP contribution in [0.15, 0.2) is 30.3 Å². The number of carbonyl (C=O) groups is 2. The van der Waals surface area contributed by atoms with E-state index in [2.05, 4.69) is 0 Å². The molecule has 2 fully saturated rings. The minimum atomic E-state index is -1.10. The summed E-state index contributed by atoms with van der Waals surface area (Å²) in [6.07, 6.45) is 0.0372. The van der Waals surface area contributed by atoms with Gasteiger partial charge in [-0.05, 0) is 12.5 Å². The molecule has 0 spiro atoms. The van der Waals surface area contributed by atoms with Gasteiger partial charge in [-0.25, -0.2) is 0 Å². The fourth-order valence-electron chi connectivity index (χ4n) is 4.36. The van der Waals surface area contributed by atoms with Gasteiger partial charge in [0.2, 0.25) is 6.04 Å². The molecule has 0 bridgehead atoms. The van der Waals surface area contributed by atoms with Crippen LogP contribution in [0.25, 0.3) is 0 Å². The summed E-state index contributed by atoms with van der Waals surface area (Å²) < 4.78 is 10.5. The van der Waals surface area contributed by atoms with Gasteiger partial charge in [-0.3, -0.25) is 19.7 Å². The van der Waals surface area contributed by atoms with Crippen LogP contribution in [0.5, 0.6) is 0 Å². The third-order valence-electron chi connectivity index (χ3n) is 5.37. The van der Waals surface area contributed by atoms with Crippen LogP contribution in [0.1, 0.15) is 31.2 Å². The first-order valence-electron chi connectivity index (χ1n) is 7.86. The summed E-state index contributed by atoms with van der Waals surface area (Å²) in [7, 11) is 1.26. The Kier molecular flexibility index (Phi) is 4.03. The van der Waals surface area contributed by atoms with Crippen molar-refractivity contribution in [1.82, 2.24) is 0 Å². The van der Waals surface area contributed by atoms with E-state index in [1.807, 2.05) is 30.3 Å². The molecular weight excluding hydrogens is 314 g/mol. The summed E-state index contributed by atoms with van der Waals surface area (Å²) in [6, 6.07) is 8.20. The van der Waals surface area contributed by atoms with Crippen molar-refractivity contribution in [1.29, 1.82) is 0 Å². The number of methoxy groups -OCH3 is 1. The van der Waals surface area contributed by atoms with Gasteiger partial charge in [0.15, 0.2) is 0 Å². The van der Waals surface area contributed by atoms with Crippen LogP contribution in [0.3, 0.4) is 0 Å². The molecule has 7 nitrogen and oxygen atoms in total. The fourth-order valence-corrected chi connectivity index (χ4v) is 4.36. The number of benzene rings is 1. The largest absolute Gasteiger partial charge is 0.469 e. The molecule has 1 heterocycles. The lowest BCUT2D eigenvalue weighted by atomic mass is 9.60. The summed E-state index contributed by atoms with van der Waals surface area (Å²) in [5.74, 6) is -2.75. The van der Waals surface area contributed by atoms with Gasteiger partial charge in [0.25, 0.3) is 0 Å². The maximum Gasteiger partial charge on any atom is 0.309 e. The lowest BCUT2D eigenvalue weighted by Gasteiger charge is -2.45. The maximum atomic E-state index is 12.3. The minimum absolute atomic E-state index is 0.000622. The van der Waals surface area contributed by atoms with Crippen LogP contribution in [0.4, 0.5) is 0 Å². The monoisotopic (exact) mass is 333 g/mol. The van der Waals surface area contributed by atoms with Gasteiger partial charge in [-0.1, -0.05) is 30.3 Å². The molecule has 0 aromatic heterocycles. The van der Waals surface area contributed by atoms with Crippen molar-refractivity contribution in [3.63, 3.8) is 0 Å². The van der Waals surface area contributed by atoms with E-state index in [4.69, 9.17) is 9.47 Å². The van der Waals surface area contributed by atoms with Crippen molar-refractivity contribution in [3.05, 3.63) is 46.0 Å². The lowest BCUT2D eigenvalue weighted by Crippen LogP contribution is -2.55. The summed E-state index contributed by atoms with van der Waals surface area (Å²) in [6.45, 7) is 1.70. The zero-order valence-corrected chi connectivity index (χ0v) is 13.5. The van der Waals surface area contributed by atoms with Gasteiger partial charge in [0, 0.05) is 17.3 Å². The molecule has 24 heavy (non-hydrogen) atoms. The van der Waals surface area contributed by atoms with Crippen LogP contribution in [-0.2, 0) is 19.1 Å². The predicted octanol–water partition coefficient (Wildman–Crippen LogP) is 1.93. The Morgan fingerprint density at radius 2 is 2.04 bits per heavy atom. The number of ether oxygens (including phenoxy) is 2. The predicted molar refractivity (Wildman–Crippen MR) is 82.7 cm³/mol. The molecule has 7 heteroatoms.